The van der Waals surface area contributed by atoms with E-state index in [2.05, 4.69) is 26.2 Å². The van der Waals surface area contributed by atoms with Crippen LogP contribution in [0.15, 0.2) is 41.0 Å². The molecule has 6 heteroatoms. The van der Waals surface area contributed by atoms with Gasteiger partial charge in [0.2, 0.25) is 0 Å². The van der Waals surface area contributed by atoms with Crippen LogP contribution in [-0.4, -0.2) is 18.0 Å². The van der Waals surface area contributed by atoms with E-state index in [1.165, 1.54) is 6.20 Å². The molecular formula is C13H12BrN3O2. The average molecular weight is 322 g/mol. The fraction of sp³-hybridized carbons (Fsp3) is 0.0769. The zero-order valence-corrected chi connectivity index (χ0v) is 11.8. The van der Waals surface area contributed by atoms with Crippen LogP contribution in [0.2, 0.25) is 0 Å². The maximum atomic E-state index is 12.1. The molecule has 2 rings (SSSR count). The zero-order valence-electron chi connectivity index (χ0n) is 10.2. The van der Waals surface area contributed by atoms with Crippen molar-refractivity contribution in [1.82, 2.24) is 4.98 Å². The second-order valence-corrected chi connectivity index (χ2v) is 4.63. The molecule has 0 bridgehead atoms. The Kier molecular flexibility index (Phi) is 4.01. The van der Waals surface area contributed by atoms with Gasteiger partial charge in [-0.2, -0.15) is 0 Å². The number of aromatic nitrogens is 1. The Hall–Kier alpha value is -2.08. The number of nitrogens with two attached hydrogens (primary N) is 1. The summed E-state index contributed by atoms with van der Waals surface area (Å²) in [6.45, 7) is 0. The summed E-state index contributed by atoms with van der Waals surface area (Å²) in [6, 6.07) is 8.48. The number of halogens is 1. The topological polar surface area (TPSA) is 77.2 Å². The van der Waals surface area contributed by atoms with Crippen LogP contribution < -0.4 is 15.8 Å². The normalized spacial score (nSPS) is 10.0. The minimum Gasteiger partial charge on any atom is -0.497 e. The molecule has 0 spiro atoms. The SMILES string of the molecule is COc1ccc(Br)c(C(=O)Nc2ccc(N)cn2)c1. The van der Waals surface area contributed by atoms with Gasteiger partial charge in [-0.25, -0.2) is 4.98 Å². The van der Waals surface area contributed by atoms with Crippen LogP contribution in [-0.2, 0) is 0 Å². The van der Waals surface area contributed by atoms with Crippen LogP contribution in [0.3, 0.4) is 0 Å². The van der Waals surface area contributed by atoms with Gasteiger partial charge in [0.15, 0.2) is 0 Å². The summed E-state index contributed by atoms with van der Waals surface area (Å²) in [5.74, 6) is 0.774. The third kappa shape index (κ3) is 3.23. The smallest absolute Gasteiger partial charge is 0.258 e. The predicted octanol–water partition coefficient (Wildman–Crippen LogP) is 2.69. The third-order valence-electron chi connectivity index (χ3n) is 2.45. The molecule has 0 saturated heterocycles. The average Bonchev–Trinajstić information content (AvgIpc) is 2.42. The van der Waals surface area contributed by atoms with Crippen LogP contribution in [0, 0.1) is 0 Å². The molecule has 0 saturated carbocycles. The number of rotatable bonds is 3. The van der Waals surface area contributed by atoms with Gasteiger partial charge < -0.3 is 15.8 Å². The van der Waals surface area contributed by atoms with Gasteiger partial charge in [0.1, 0.15) is 11.6 Å². The van der Waals surface area contributed by atoms with E-state index in [1.807, 2.05) is 0 Å². The van der Waals surface area contributed by atoms with Crippen molar-refractivity contribution in [1.29, 1.82) is 0 Å². The number of amides is 1. The highest BCUT2D eigenvalue weighted by atomic mass is 79.9. The van der Waals surface area contributed by atoms with Crippen molar-refractivity contribution in [3.8, 4) is 5.75 Å². The van der Waals surface area contributed by atoms with Crippen molar-refractivity contribution < 1.29 is 9.53 Å². The summed E-state index contributed by atoms with van der Waals surface area (Å²) in [4.78, 5) is 16.1. The van der Waals surface area contributed by atoms with Gasteiger partial charge in [-0.15, -0.1) is 0 Å². The lowest BCUT2D eigenvalue weighted by molar-refractivity contribution is 0.102. The number of carbonyl (C=O) groups is 1. The summed E-state index contributed by atoms with van der Waals surface area (Å²) >= 11 is 3.33. The molecular weight excluding hydrogens is 310 g/mol. The number of benzene rings is 1. The van der Waals surface area contributed by atoms with Gasteiger partial charge in [0.05, 0.1) is 24.6 Å². The Bertz CT molecular complexity index is 599. The summed E-state index contributed by atoms with van der Waals surface area (Å²) in [6.07, 6.45) is 1.48. The fourth-order valence-corrected chi connectivity index (χ4v) is 1.89. The number of nitrogen functional groups attached to an aromatic ring is 1. The number of nitrogens with one attached hydrogen (secondary N) is 1. The van der Waals surface area contributed by atoms with Gasteiger partial charge in [-0.1, -0.05) is 0 Å². The molecule has 1 aromatic heterocycles. The minimum absolute atomic E-state index is 0.275. The first-order valence-corrected chi connectivity index (χ1v) is 6.26. The Morgan fingerprint density at radius 2 is 2.16 bits per heavy atom. The van der Waals surface area contributed by atoms with Crippen LogP contribution >= 0.6 is 15.9 Å². The highest BCUT2D eigenvalue weighted by molar-refractivity contribution is 9.10. The summed E-state index contributed by atoms with van der Waals surface area (Å²) in [5, 5.41) is 2.69. The highest BCUT2D eigenvalue weighted by Crippen LogP contribution is 2.23. The first-order valence-electron chi connectivity index (χ1n) is 5.46. The quantitative estimate of drug-likeness (QED) is 0.911. The molecule has 3 N–H and O–H groups in total. The molecule has 0 unspecified atom stereocenters. The Labute approximate surface area is 118 Å². The van der Waals surface area contributed by atoms with E-state index in [-0.39, 0.29) is 5.91 Å². The number of pyridine rings is 1. The van der Waals surface area contributed by atoms with Gasteiger partial charge in [-0.3, -0.25) is 4.79 Å². The van der Waals surface area contributed by atoms with Crippen molar-refractivity contribution in [2.75, 3.05) is 18.2 Å². The van der Waals surface area contributed by atoms with E-state index in [4.69, 9.17) is 10.5 Å². The monoisotopic (exact) mass is 321 g/mol. The predicted molar refractivity (Wildman–Crippen MR) is 77.3 cm³/mol. The van der Waals surface area contributed by atoms with Crippen LogP contribution in [0.5, 0.6) is 5.75 Å². The summed E-state index contributed by atoms with van der Waals surface area (Å²) in [7, 11) is 1.55. The third-order valence-corrected chi connectivity index (χ3v) is 3.14. The number of hydrogen-bond acceptors (Lipinski definition) is 4. The molecule has 0 atom stereocenters. The van der Waals surface area contributed by atoms with Crippen molar-refractivity contribution in [3.05, 3.63) is 46.6 Å². The molecule has 19 heavy (non-hydrogen) atoms. The Balaban J connectivity index is 2.22. The van der Waals surface area contributed by atoms with Gasteiger partial charge in [0.25, 0.3) is 5.91 Å². The molecule has 1 heterocycles. The van der Waals surface area contributed by atoms with Gasteiger partial charge in [-0.05, 0) is 46.3 Å². The molecule has 0 aliphatic rings. The lowest BCUT2D eigenvalue weighted by Gasteiger charge is -2.08. The first-order chi connectivity index (χ1) is 9.10. The lowest BCUT2D eigenvalue weighted by atomic mass is 10.2. The molecule has 2 aromatic rings. The van der Waals surface area contributed by atoms with Crippen molar-refractivity contribution in [2.45, 2.75) is 0 Å². The van der Waals surface area contributed by atoms with Gasteiger partial charge in [0, 0.05) is 4.47 Å². The standard InChI is InChI=1S/C13H12BrN3O2/c1-19-9-3-4-11(14)10(6-9)13(18)17-12-5-2-8(15)7-16-12/h2-7H,15H2,1H3,(H,16,17,18). The number of methoxy groups -OCH3 is 1. The molecule has 0 radical (unpaired) electrons. The van der Waals surface area contributed by atoms with E-state index in [9.17, 15) is 4.79 Å². The zero-order chi connectivity index (χ0) is 13.8. The summed E-state index contributed by atoms with van der Waals surface area (Å²) < 4.78 is 5.77. The molecule has 0 fully saturated rings. The van der Waals surface area contributed by atoms with Crippen molar-refractivity contribution >= 4 is 33.3 Å². The van der Waals surface area contributed by atoms with E-state index in [0.717, 1.165) is 0 Å². The maximum absolute atomic E-state index is 12.1. The molecule has 98 valence electrons. The first kappa shape index (κ1) is 13.4. The largest absolute Gasteiger partial charge is 0.497 e. The second kappa shape index (κ2) is 5.71. The molecule has 1 amide bonds. The van der Waals surface area contributed by atoms with E-state index in [1.54, 1.807) is 37.4 Å². The van der Waals surface area contributed by atoms with Crippen molar-refractivity contribution in [2.24, 2.45) is 0 Å². The van der Waals surface area contributed by atoms with Crippen LogP contribution in [0.1, 0.15) is 10.4 Å². The van der Waals surface area contributed by atoms with E-state index >= 15 is 0 Å². The lowest BCUT2D eigenvalue weighted by Crippen LogP contribution is -2.13. The molecule has 5 nitrogen and oxygen atoms in total. The van der Waals surface area contributed by atoms with Crippen LogP contribution in [0.25, 0.3) is 0 Å². The second-order valence-electron chi connectivity index (χ2n) is 3.78. The molecule has 0 aliphatic carbocycles. The van der Waals surface area contributed by atoms with Gasteiger partial charge >= 0.3 is 0 Å². The maximum Gasteiger partial charge on any atom is 0.258 e. The van der Waals surface area contributed by atoms with E-state index in [0.29, 0.717) is 27.3 Å². The number of nitrogens with zero attached hydrogens (tertiary/aromatic N) is 1. The van der Waals surface area contributed by atoms with E-state index < -0.39 is 0 Å². The minimum atomic E-state index is -0.275. The number of anilines is 2. The summed E-state index contributed by atoms with van der Waals surface area (Å²) in [5.41, 5.74) is 6.54. The Morgan fingerprint density at radius 1 is 1.37 bits per heavy atom. The van der Waals surface area contributed by atoms with Crippen LogP contribution in [0.4, 0.5) is 11.5 Å². The Morgan fingerprint density at radius 3 is 2.79 bits per heavy atom. The molecule has 0 aliphatic heterocycles. The number of hydrogen-bond donors (Lipinski definition) is 2. The fourth-order valence-electron chi connectivity index (χ4n) is 1.47. The van der Waals surface area contributed by atoms with Crippen molar-refractivity contribution in [3.63, 3.8) is 0 Å². The molecule has 1 aromatic carbocycles. The highest BCUT2D eigenvalue weighted by Gasteiger charge is 2.12. The number of ether oxygens (including phenoxy) is 1. The number of carbonyl (C=O) groups excluding carboxylic acids is 1.